The van der Waals surface area contributed by atoms with Crippen LogP contribution >= 0.6 is 0 Å². The van der Waals surface area contributed by atoms with Crippen LogP contribution in [-0.2, 0) is 5.41 Å². The first kappa shape index (κ1) is 19.9. The van der Waals surface area contributed by atoms with Gasteiger partial charge in [-0.15, -0.1) is 6.58 Å². The zero-order valence-corrected chi connectivity index (χ0v) is 18.5. The zero-order chi connectivity index (χ0) is 19.7. The summed E-state index contributed by atoms with van der Waals surface area (Å²) >= 11 is 0. The minimum Gasteiger partial charge on any atom is -0.103 e. The molecule has 0 aromatic heterocycles. The highest BCUT2D eigenvalue weighted by Crippen LogP contribution is 2.66. The first-order chi connectivity index (χ1) is 14.4. The average molecular weight is 391 g/mol. The van der Waals surface area contributed by atoms with Gasteiger partial charge in [-0.1, -0.05) is 74.9 Å². The molecule has 0 bridgehead atoms. The standard InChI is InChI=1S/C29H42/c1-2-3-21-29(23-15-7-8-16-23,22-13-5-4-6-14-22)28-26-19-11-9-17-24(26)25-18-10-12-20-27(25)28/h2,4-6,13-14,23-28H,1,3,7-12,15-21H2/t24?,25?,26?,27?,28?,29-/m1/s1. The monoisotopic (exact) mass is 390 g/mol. The topological polar surface area (TPSA) is 0 Å². The summed E-state index contributed by atoms with van der Waals surface area (Å²) in [4.78, 5) is 0. The van der Waals surface area contributed by atoms with Crippen molar-refractivity contribution in [2.24, 2.45) is 35.5 Å². The second-order valence-electron chi connectivity index (χ2n) is 11.0. The lowest BCUT2D eigenvalue weighted by atomic mass is 9.53. The molecule has 4 aliphatic rings. The molecule has 4 unspecified atom stereocenters. The van der Waals surface area contributed by atoms with Crippen molar-refractivity contribution >= 4 is 0 Å². The van der Waals surface area contributed by atoms with Gasteiger partial charge < -0.3 is 0 Å². The zero-order valence-electron chi connectivity index (χ0n) is 18.5. The summed E-state index contributed by atoms with van der Waals surface area (Å²) in [5.74, 6) is 5.94. The van der Waals surface area contributed by atoms with E-state index in [1.807, 2.05) is 0 Å². The molecule has 0 N–H and O–H groups in total. The third kappa shape index (κ3) is 3.34. The molecular formula is C29H42. The van der Waals surface area contributed by atoms with E-state index < -0.39 is 0 Å². The van der Waals surface area contributed by atoms with Crippen molar-refractivity contribution in [3.63, 3.8) is 0 Å². The van der Waals surface area contributed by atoms with Crippen molar-refractivity contribution < 1.29 is 0 Å². The molecule has 0 heterocycles. The molecule has 0 aliphatic heterocycles. The molecule has 0 amide bonds. The van der Waals surface area contributed by atoms with Gasteiger partial charge in [-0.2, -0.15) is 0 Å². The van der Waals surface area contributed by atoms with Gasteiger partial charge in [0.1, 0.15) is 0 Å². The number of fused-ring (bicyclic) bond motifs is 3. The van der Waals surface area contributed by atoms with Crippen LogP contribution in [0.4, 0.5) is 0 Å². The van der Waals surface area contributed by atoms with Crippen molar-refractivity contribution in [3.8, 4) is 0 Å². The Balaban J connectivity index is 1.65. The number of benzene rings is 1. The van der Waals surface area contributed by atoms with Crippen molar-refractivity contribution in [1.29, 1.82) is 0 Å². The first-order valence-electron chi connectivity index (χ1n) is 13.0. The lowest BCUT2D eigenvalue weighted by Crippen LogP contribution is -2.47. The maximum atomic E-state index is 4.17. The molecular weight excluding hydrogens is 348 g/mol. The van der Waals surface area contributed by atoms with Gasteiger partial charge in [0.15, 0.2) is 0 Å². The highest BCUT2D eigenvalue weighted by molar-refractivity contribution is 5.31. The van der Waals surface area contributed by atoms with E-state index in [-0.39, 0.29) is 0 Å². The van der Waals surface area contributed by atoms with Crippen molar-refractivity contribution in [1.82, 2.24) is 0 Å². The quantitative estimate of drug-likeness (QED) is 0.428. The average Bonchev–Trinajstić information content (AvgIpc) is 3.43. The number of hydrogen-bond donors (Lipinski definition) is 0. The van der Waals surface area contributed by atoms with Gasteiger partial charge in [0.25, 0.3) is 0 Å². The number of rotatable bonds is 6. The SMILES string of the molecule is C=CCC[C@@](c1ccccc1)(C1CCCC1)C1C2CCCCC2C2CCCCC21. The third-order valence-corrected chi connectivity index (χ3v) is 9.97. The maximum Gasteiger partial charge on any atom is 0.00179 e. The molecule has 4 aliphatic carbocycles. The van der Waals surface area contributed by atoms with Gasteiger partial charge in [-0.05, 0) is 92.4 Å². The lowest BCUT2D eigenvalue weighted by molar-refractivity contribution is 0.0602. The van der Waals surface area contributed by atoms with Crippen LogP contribution in [0.25, 0.3) is 0 Å². The van der Waals surface area contributed by atoms with Gasteiger partial charge >= 0.3 is 0 Å². The van der Waals surface area contributed by atoms with Crippen LogP contribution in [0.15, 0.2) is 43.0 Å². The summed E-state index contributed by atoms with van der Waals surface area (Å²) in [7, 11) is 0. The van der Waals surface area contributed by atoms with Gasteiger partial charge in [0, 0.05) is 5.41 Å². The normalized spacial score (nSPS) is 36.9. The Labute approximate surface area is 179 Å². The summed E-state index contributed by atoms with van der Waals surface area (Å²) in [6.07, 6.45) is 22.8. The molecule has 0 nitrogen and oxygen atoms in total. The number of hydrogen-bond acceptors (Lipinski definition) is 0. The smallest absolute Gasteiger partial charge is 0.00179 e. The molecule has 0 heteroatoms. The molecule has 1 aromatic rings. The number of allylic oxidation sites excluding steroid dienone is 1. The van der Waals surface area contributed by atoms with Crippen LogP contribution in [0.2, 0.25) is 0 Å². The van der Waals surface area contributed by atoms with Gasteiger partial charge in [-0.25, -0.2) is 0 Å². The predicted molar refractivity (Wildman–Crippen MR) is 124 cm³/mol. The third-order valence-electron chi connectivity index (χ3n) is 9.97. The Hall–Kier alpha value is -1.04. The minimum absolute atomic E-state index is 0.406. The molecule has 4 fully saturated rings. The van der Waals surface area contributed by atoms with Gasteiger partial charge in [0.05, 0.1) is 0 Å². The van der Waals surface area contributed by atoms with Crippen LogP contribution in [0.5, 0.6) is 0 Å². The maximum absolute atomic E-state index is 4.17. The van der Waals surface area contributed by atoms with E-state index in [0.717, 1.165) is 35.5 Å². The Morgan fingerprint density at radius 3 is 1.79 bits per heavy atom. The highest BCUT2D eigenvalue weighted by atomic mass is 14.6. The molecule has 1 aromatic carbocycles. The molecule has 4 saturated carbocycles. The largest absolute Gasteiger partial charge is 0.103 e. The summed E-state index contributed by atoms with van der Waals surface area (Å²) in [6.45, 7) is 4.17. The predicted octanol–water partition coefficient (Wildman–Crippen LogP) is 8.32. The van der Waals surface area contributed by atoms with E-state index in [0.29, 0.717) is 5.41 Å². The summed E-state index contributed by atoms with van der Waals surface area (Å²) in [5.41, 5.74) is 2.11. The lowest BCUT2D eigenvalue weighted by Gasteiger charge is -2.51. The van der Waals surface area contributed by atoms with Crippen molar-refractivity contribution in [2.75, 3.05) is 0 Å². The molecule has 158 valence electrons. The van der Waals surface area contributed by atoms with E-state index >= 15 is 0 Å². The Kier molecular flexibility index (Phi) is 5.90. The van der Waals surface area contributed by atoms with E-state index in [2.05, 4.69) is 43.0 Å². The van der Waals surface area contributed by atoms with Crippen LogP contribution < -0.4 is 0 Å². The molecule has 0 radical (unpaired) electrons. The van der Waals surface area contributed by atoms with E-state index in [9.17, 15) is 0 Å². The Morgan fingerprint density at radius 2 is 1.24 bits per heavy atom. The fourth-order valence-corrected chi connectivity index (χ4v) is 9.16. The van der Waals surface area contributed by atoms with Crippen LogP contribution in [0.1, 0.15) is 95.5 Å². The molecule has 29 heavy (non-hydrogen) atoms. The van der Waals surface area contributed by atoms with E-state index in [1.165, 1.54) is 77.0 Å². The molecule has 0 spiro atoms. The summed E-state index contributed by atoms with van der Waals surface area (Å²) < 4.78 is 0. The van der Waals surface area contributed by atoms with Crippen LogP contribution in [-0.4, -0.2) is 0 Å². The van der Waals surface area contributed by atoms with Gasteiger partial charge in [-0.3, -0.25) is 0 Å². The first-order valence-corrected chi connectivity index (χ1v) is 13.0. The van der Waals surface area contributed by atoms with Crippen LogP contribution in [0.3, 0.4) is 0 Å². The Bertz CT molecular complexity index is 647. The van der Waals surface area contributed by atoms with Crippen LogP contribution in [0, 0.1) is 35.5 Å². The van der Waals surface area contributed by atoms with E-state index in [4.69, 9.17) is 0 Å². The second kappa shape index (κ2) is 8.60. The minimum atomic E-state index is 0.406. The fourth-order valence-electron chi connectivity index (χ4n) is 9.16. The fraction of sp³-hybridized carbons (Fsp3) is 0.724. The summed E-state index contributed by atoms with van der Waals surface area (Å²) in [5, 5.41) is 0. The summed E-state index contributed by atoms with van der Waals surface area (Å²) in [6, 6.07) is 11.9. The second-order valence-corrected chi connectivity index (χ2v) is 11.0. The molecule has 5 atom stereocenters. The van der Waals surface area contributed by atoms with E-state index in [1.54, 1.807) is 18.4 Å². The van der Waals surface area contributed by atoms with Crippen molar-refractivity contribution in [2.45, 2.75) is 95.3 Å². The van der Waals surface area contributed by atoms with Gasteiger partial charge in [0.2, 0.25) is 0 Å². The van der Waals surface area contributed by atoms with Crippen molar-refractivity contribution in [3.05, 3.63) is 48.6 Å². The molecule has 5 rings (SSSR count). The Morgan fingerprint density at radius 1 is 0.724 bits per heavy atom. The highest BCUT2D eigenvalue weighted by Gasteiger charge is 2.60. The molecule has 0 saturated heterocycles.